The van der Waals surface area contributed by atoms with Gasteiger partial charge in [-0.15, -0.1) is 0 Å². The Bertz CT molecular complexity index is 922. The van der Waals surface area contributed by atoms with Crippen LogP contribution in [0.4, 0.5) is 5.69 Å². The Kier molecular flexibility index (Phi) is 5.67. The van der Waals surface area contributed by atoms with E-state index < -0.39 is 10.0 Å². The molecule has 2 N–H and O–H groups in total. The number of carbonyl (C=O) groups is 1. The van der Waals surface area contributed by atoms with Crippen LogP contribution in [0.25, 0.3) is 0 Å². The van der Waals surface area contributed by atoms with Gasteiger partial charge in [0.25, 0.3) is 0 Å². The zero-order valence-electron chi connectivity index (χ0n) is 15.2. The molecule has 144 valence electrons. The van der Waals surface area contributed by atoms with E-state index in [-0.39, 0.29) is 23.3 Å². The van der Waals surface area contributed by atoms with Crippen LogP contribution in [0, 0.1) is 0 Å². The van der Waals surface area contributed by atoms with Gasteiger partial charge < -0.3 is 14.8 Å². The number of anilines is 1. The molecule has 0 radical (unpaired) electrons. The minimum atomic E-state index is -3.62. The van der Waals surface area contributed by atoms with Crippen LogP contribution in [-0.2, 0) is 21.2 Å². The molecule has 0 aromatic heterocycles. The average molecular weight is 390 g/mol. The number of nitrogens with one attached hydrogen (secondary N) is 2. The van der Waals surface area contributed by atoms with E-state index in [0.29, 0.717) is 17.2 Å². The lowest BCUT2D eigenvalue weighted by molar-refractivity contribution is -0.115. The van der Waals surface area contributed by atoms with Crippen molar-refractivity contribution < 1.29 is 22.7 Å². The molecular weight excluding hydrogens is 368 g/mol. The van der Waals surface area contributed by atoms with E-state index in [1.807, 2.05) is 0 Å². The first-order valence-electron chi connectivity index (χ1n) is 8.54. The summed E-state index contributed by atoms with van der Waals surface area (Å²) in [4.78, 5) is 12.5. The van der Waals surface area contributed by atoms with Crippen molar-refractivity contribution in [3.05, 3.63) is 48.0 Å². The number of benzene rings is 2. The summed E-state index contributed by atoms with van der Waals surface area (Å²) in [7, 11) is -0.578. The topological polar surface area (TPSA) is 93.7 Å². The maximum absolute atomic E-state index is 12.4. The molecule has 0 atom stereocenters. The third-order valence-electron chi connectivity index (χ3n) is 4.18. The van der Waals surface area contributed by atoms with Gasteiger partial charge in [0.1, 0.15) is 11.5 Å². The molecule has 1 aliphatic rings. The van der Waals surface area contributed by atoms with E-state index in [1.165, 1.54) is 25.3 Å². The van der Waals surface area contributed by atoms with Gasteiger partial charge in [0.2, 0.25) is 15.9 Å². The van der Waals surface area contributed by atoms with Crippen LogP contribution in [0.3, 0.4) is 0 Å². The zero-order valence-corrected chi connectivity index (χ0v) is 16.0. The molecule has 1 fully saturated rings. The number of ether oxygens (including phenoxy) is 2. The van der Waals surface area contributed by atoms with E-state index in [1.54, 1.807) is 31.4 Å². The molecule has 0 spiro atoms. The van der Waals surface area contributed by atoms with Crippen molar-refractivity contribution in [1.82, 2.24) is 4.72 Å². The van der Waals surface area contributed by atoms with Gasteiger partial charge in [-0.25, -0.2) is 13.1 Å². The second kappa shape index (κ2) is 7.98. The van der Waals surface area contributed by atoms with Crippen molar-refractivity contribution in [3.63, 3.8) is 0 Å². The molecule has 0 bridgehead atoms. The monoisotopic (exact) mass is 390 g/mol. The highest BCUT2D eigenvalue weighted by Crippen LogP contribution is 2.29. The molecule has 0 heterocycles. The van der Waals surface area contributed by atoms with Crippen molar-refractivity contribution in [3.8, 4) is 11.5 Å². The summed E-state index contributed by atoms with van der Waals surface area (Å²) in [5.41, 5.74) is 1.13. The van der Waals surface area contributed by atoms with Gasteiger partial charge >= 0.3 is 0 Å². The SMILES string of the molecule is COc1ccc(CC(=O)Nc2cc(S(=O)(=O)NC3CC3)ccc2OC)cc1. The quantitative estimate of drug-likeness (QED) is 0.722. The molecule has 1 saturated carbocycles. The van der Waals surface area contributed by atoms with Crippen LogP contribution in [-0.4, -0.2) is 34.6 Å². The van der Waals surface area contributed by atoms with Gasteiger partial charge in [-0.3, -0.25) is 4.79 Å². The smallest absolute Gasteiger partial charge is 0.240 e. The lowest BCUT2D eigenvalue weighted by Gasteiger charge is -2.13. The van der Waals surface area contributed by atoms with Crippen LogP contribution in [0.15, 0.2) is 47.4 Å². The number of hydrogen-bond acceptors (Lipinski definition) is 5. The Morgan fingerprint density at radius 3 is 2.37 bits per heavy atom. The van der Waals surface area contributed by atoms with E-state index in [0.717, 1.165) is 18.4 Å². The molecule has 0 unspecified atom stereocenters. The number of sulfonamides is 1. The highest BCUT2D eigenvalue weighted by molar-refractivity contribution is 7.89. The lowest BCUT2D eigenvalue weighted by atomic mass is 10.1. The third kappa shape index (κ3) is 4.99. The molecule has 27 heavy (non-hydrogen) atoms. The van der Waals surface area contributed by atoms with Crippen molar-refractivity contribution in [2.75, 3.05) is 19.5 Å². The van der Waals surface area contributed by atoms with Crippen LogP contribution in [0.5, 0.6) is 11.5 Å². The van der Waals surface area contributed by atoms with Crippen molar-refractivity contribution in [2.24, 2.45) is 0 Å². The normalized spacial score (nSPS) is 13.9. The fraction of sp³-hybridized carbons (Fsp3) is 0.316. The Hall–Kier alpha value is -2.58. The fourth-order valence-corrected chi connectivity index (χ4v) is 3.89. The first-order chi connectivity index (χ1) is 12.9. The van der Waals surface area contributed by atoms with Crippen LogP contribution in [0.1, 0.15) is 18.4 Å². The van der Waals surface area contributed by atoms with E-state index in [4.69, 9.17) is 9.47 Å². The molecule has 1 amide bonds. The largest absolute Gasteiger partial charge is 0.497 e. The summed E-state index contributed by atoms with van der Waals surface area (Å²) < 4.78 is 37.8. The van der Waals surface area contributed by atoms with Crippen molar-refractivity contribution in [2.45, 2.75) is 30.2 Å². The summed E-state index contributed by atoms with van der Waals surface area (Å²) in [5, 5.41) is 2.73. The summed E-state index contributed by atoms with van der Waals surface area (Å²) >= 11 is 0. The fourth-order valence-electron chi connectivity index (χ4n) is 2.56. The minimum Gasteiger partial charge on any atom is -0.497 e. The Balaban J connectivity index is 1.75. The van der Waals surface area contributed by atoms with Crippen molar-refractivity contribution in [1.29, 1.82) is 0 Å². The molecule has 2 aromatic carbocycles. The van der Waals surface area contributed by atoms with Crippen LogP contribution >= 0.6 is 0 Å². The number of hydrogen-bond donors (Lipinski definition) is 2. The molecular formula is C19H22N2O5S. The first kappa shape index (κ1) is 19.2. The summed E-state index contributed by atoms with van der Waals surface area (Å²) in [6, 6.07) is 11.6. The third-order valence-corrected chi connectivity index (χ3v) is 5.70. The Labute approximate surface area is 158 Å². The number of methoxy groups -OCH3 is 2. The molecule has 8 heteroatoms. The Morgan fingerprint density at radius 1 is 1.07 bits per heavy atom. The first-order valence-corrected chi connectivity index (χ1v) is 10.0. The summed E-state index contributed by atoms with van der Waals surface area (Å²) in [6.07, 6.45) is 1.84. The van der Waals surface area contributed by atoms with Gasteiger partial charge in [0.15, 0.2) is 0 Å². The standard InChI is InChI=1S/C19H22N2O5S/c1-25-15-7-3-13(4-8-15)11-19(22)20-17-12-16(9-10-18(17)26-2)27(23,24)21-14-5-6-14/h3-4,7-10,12,14,21H,5-6,11H2,1-2H3,(H,20,22). The second-order valence-electron chi connectivity index (χ2n) is 6.33. The van der Waals surface area contributed by atoms with Crippen LogP contribution < -0.4 is 19.5 Å². The maximum Gasteiger partial charge on any atom is 0.240 e. The van der Waals surface area contributed by atoms with Gasteiger partial charge in [-0.2, -0.15) is 0 Å². The van der Waals surface area contributed by atoms with Gasteiger partial charge in [-0.05, 0) is 48.7 Å². The maximum atomic E-state index is 12.4. The molecule has 0 saturated heterocycles. The predicted molar refractivity (Wildman–Crippen MR) is 102 cm³/mol. The van der Waals surface area contributed by atoms with Crippen molar-refractivity contribution >= 4 is 21.6 Å². The van der Waals surface area contributed by atoms with Crippen LogP contribution in [0.2, 0.25) is 0 Å². The highest BCUT2D eigenvalue weighted by atomic mass is 32.2. The minimum absolute atomic E-state index is 0.00483. The summed E-state index contributed by atoms with van der Waals surface area (Å²) in [6.45, 7) is 0. The van der Waals surface area contributed by atoms with E-state index in [9.17, 15) is 13.2 Å². The van der Waals surface area contributed by atoms with E-state index >= 15 is 0 Å². The molecule has 0 aliphatic heterocycles. The predicted octanol–water partition coefficient (Wildman–Crippen LogP) is 2.33. The average Bonchev–Trinajstić information content (AvgIpc) is 3.45. The van der Waals surface area contributed by atoms with Gasteiger partial charge in [0.05, 0.1) is 31.2 Å². The lowest BCUT2D eigenvalue weighted by Crippen LogP contribution is -2.26. The summed E-state index contributed by atoms with van der Waals surface area (Å²) in [5.74, 6) is 0.827. The molecule has 3 rings (SSSR count). The Morgan fingerprint density at radius 2 is 1.78 bits per heavy atom. The second-order valence-corrected chi connectivity index (χ2v) is 8.04. The van der Waals surface area contributed by atoms with Gasteiger partial charge in [-0.1, -0.05) is 12.1 Å². The number of carbonyl (C=O) groups excluding carboxylic acids is 1. The highest BCUT2D eigenvalue weighted by Gasteiger charge is 2.28. The van der Waals surface area contributed by atoms with Gasteiger partial charge in [0, 0.05) is 6.04 Å². The number of rotatable bonds is 8. The molecule has 1 aliphatic carbocycles. The van der Waals surface area contributed by atoms with E-state index in [2.05, 4.69) is 10.0 Å². The number of amides is 1. The molecule has 7 nitrogen and oxygen atoms in total. The molecule has 2 aromatic rings. The zero-order chi connectivity index (χ0) is 19.4.